The van der Waals surface area contributed by atoms with E-state index in [0.717, 1.165) is 24.4 Å². The number of aromatic amines is 1. The van der Waals surface area contributed by atoms with E-state index in [9.17, 15) is 4.79 Å². The van der Waals surface area contributed by atoms with Gasteiger partial charge in [0.2, 0.25) is 5.91 Å². The van der Waals surface area contributed by atoms with Crippen LogP contribution < -0.4 is 5.32 Å². The molecule has 0 unspecified atom stereocenters. The minimum Gasteiger partial charge on any atom is -0.348 e. The molecule has 10 heteroatoms. The van der Waals surface area contributed by atoms with Gasteiger partial charge in [-0.25, -0.2) is 0 Å². The van der Waals surface area contributed by atoms with Crippen LogP contribution in [-0.2, 0) is 11.3 Å². The van der Waals surface area contributed by atoms with E-state index in [1.807, 2.05) is 21.3 Å². The van der Waals surface area contributed by atoms with Crippen LogP contribution in [0.1, 0.15) is 50.0 Å². The van der Waals surface area contributed by atoms with Gasteiger partial charge in [0, 0.05) is 11.7 Å². The summed E-state index contributed by atoms with van der Waals surface area (Å²) >= 11 is 6.62. The van der Waals surface area contributed by atoms with E-state index >= 15 is 0 Å². The molecule has 0 radical (unpaired) electrons. The van der Waals surface area contributed by atoms with Gasteiger partial charge in [0.1, 0.15) is 6.33 Å². The van der Waals surface area contributed by atoms with E-state index in [4.69, 9.17) is 12.2 Å². The summed E-state index contributed by atoms with van der Waals surface area (Å²) in [6.07, 6.45) is 3.88. The standard InChI is InChI=1S/C19H23N7OS2/c1-12(2)13-3-5-14(6-4-13)25-11-21-24-19(25)29-10-17(27)20-9-16-22-23-18(28)26(16)15-7-8-15/h3-6,11-12,15H,7-10H2,1-2H3,(H,20,27)(H,23,28). The molecule has 29 heavy (non-hydrogen) atoms. The molecule has 1 aliphatic rings. The Balaban J connectivity index is 1.34. The molecule has 0 atom stereocenters. The van der Waals surface area contributed by atoms with E-state index in [2.05, 4.69) is 51.7 Å². The van der Waals surface area contributed by atoms with Gasteiger partial charge in [0.15, 0.2) is 15.8 Å². The first-order chi connectivity index (χ1) is 14.0. The number of amides is 1. The Morgan fingerprint density at radius 1 is 1.34 bits per heavy atom. The Kier molecular flexibility index (Phi) is 5.81. The van der Waals surface area contributed by atoms with Gasteiger partial charge in [0.25, 0.3) is 0 Å². The van der Waals surface area contributed by atoms with Gasteiger partial charge in [-0.2, -0.15) is 5.10 Å². The summed E-state index contributed by atoms with van der Waals surface area (Å²) in [5.41, 5.74) is 2.25. The molecule has 2 aromatic heterocycles. The molecule has 0 aliphatic heterocycles. The van der Waals surface area contributed by atoms with Crippen LogP contribution in [0.15, 0.2) is 35.7 Å². The van der Waals surface area contributed by atoms with Crippen molar-refractivity contribution in [2.24, 2.45) is 0 Å². The van der Waals surface area contributed by atoms with Crippen LogP contribution in [0.5, 0.6) is 0 Å². The van der Waals surface area contributed by atoms with E-state index in [0.29, 0.717) is 28.4 Å². The maximum Gasteiger partial charge on any atom is 0.230 e. The van der Waals surface area contributed by atoms with Gasteiger partial charge < -0.3 is 5.32 Å². The number of carbonyl (C=O) groups is 1. The van der Waals surface area contributed by atoms with Crippen LogP contribution in [0, 0.1) is 4.77 Å². The molecule has 1 amide bonds. The van der Waals surface area contributed by atoms with Gasteiger partial charge in [0.05, 0.1) is 12.3 Å². The largest absolute Gasteiger partial charge is 0.348 e. The zero-order valence-corrected chi connectivity index (χ0v) is 18.0. The van der Waals surface area contributed by atoms with Crippen molar-refractivity contribution >= 4 is 29.9 Å². The molecule has 1 aliphatic carbocycles. The van der Waals surface area contributed by atoms with Crippen molar-refractivity contribution in [2.75, 3.05) is 5.75 Å². The highest BCUT2D eigenvalue weighted by atomic mass is 32.2. The smallest absolute Gasteiger partial charge is 0.230 e. The average Bonchev–Trinajstić information content (AvgIpc) is 3.31. The first-order valence-electron chi connectivity index (χ1n) is 9.58. The highest BCUT2D eigenvalue weighted by Gasteiger charge is 2.27. The maximum absolute atomic E-state index is 12.3. The molecule has 2 heterocycles. The normalized spacial score (nSPS) is 13.8. The summed E-state index contributed by atoms with van der Waals surface area (Å²) in [6, 6.07) is 8.72. The summed E-state index contributed by atoms with van der Waals surface area (Å²) in [7, 11) is 0. The molecule has 4 rings (SSSR count). The van der Waals surface area contributed by atoms with Crippen LogP contribution in [0.3, 0.4) is 0 Å². The third kappa shape index (κ3) is 4.59. The second kappa shape index (κ2) is 8.50. The Morgan fingerprint density at radius 2 is 2.10 bits per heavy atom. The molecule has 0 saturated heterocycles. The van der Waals surface area contributed by atoms with Crippen molar-refractivity contribution in [1.82, 2.24) is 34.8 Å². The fraction of sp³-hybridized carbons (Fsp3) is 0.421. The van der Waals surface area contributed by atoms with E-state index in [-0.39, 0.29) is 11.7 Å². The van der Waals surface area contributed by atoms with Crippen LogP contribution in [0.2, 0.25) is 0 Å². The van der Waals surface area contributed by atoms with Crippen LogP contribution in [0.4, 0.5) is 0 Å². The lowest BCUT2D eigenvalue weighted by Crippen LogP contribution is -2.26. The number of hydrogen-bond donors (Lipinski definition) is 2. The van der Waals surface area contributed by atoms with Gasteiger partial charge in [-0.05, 0) is 48.7 Å². The van der Waals surface area contributed by atoms with E-state index in [1.165, 1.54) is 17.3 Å². The Hall–Kier alpha value is -2.46. The topological polar surface area (TPSA) is 93.4 Å². The van der Waals surface area contributed by atoms with Crippen molar-refractivity contribution in [3.63, 3.8) is 0 Å². The Labute approximate surface area is 178 Å². The third-order valence-electron chi connectivity index (χ3n) is 4.82. The highest BCUT2D eigenvalue weighted by molar-refractivity contribution is 7.99. The van der Waals surface area contributed by atoms with Crippen molar-refractivity contribution in [3.05, 3.63) is 46.8 Å². The van der Waals surface area contributed by atoms with Crippen molar-refractivity contribution in [3.8, 4) is 5.69 Å². The van der Waals surface area contributed by atoms with Crippen molar-refractivity contribution in [1.29, 1.82) is 0 Å². The van der Waals surface area contributed by atoms with Gasteiger partial charge >= 0.3 is 0 Å². The van der Waals surface area contributed by atoms with Gasteiger partial charge in [-0.15, -0.1) is 10.2 Å². The second-order valence-corrected chi connectivity index (χ2v) is 8.67. The van der Waals surface area contributed by atoms with E-state index in [1.54, 1.807) is 6.33 Å². The summed E-state index contributed by atoms with van der Waals surface area (Å²) in [4.78, 5) is 12.3. The van der Waals surface area contributed by atoms with Crippen LogP contribution >= 0.6 is 24.0 Å². The van der Waals surface area contributed by atoms with Crippen molar-refractivity contribution in [2.45, 2.75) is 50.4 Å². The monoisotopic (exact) mass is 429 g/mol. The lowest BCUT2D eigenvalue weighted by molar-refractivity contribution is -0.118. The average molecular weight is 430 g/mol. The number of benzene rings is 1. The molecule has 3 aromatic rings. The molecule has 2 N–H and O–H groups in total. The van der Waals surface area contributed by atoms with Gasteiger partial charge in [-0.1, -0.05) is 37.7 Å². The number of aromatic nitrogens is 6. The molecule has 1 aromatic carbocycles. The second-order valence-electron chi connectivity index (χ2n) is 7.34. The number of hydrogen-bond acceptors (Lipinski definition) is 6. The number of carbonyl (C=O) groups excluding carboxylic acids is 1. The van der Waals surface area contributed by atoms with E-state index < -0.39 is 0 Å². The molecule has 1 fully saturated rings. The Bertz CT molecular complexity index is 1050. The van der Waals surface area contributed by atoms with Crippen LogP contribution in [-0.4, -0.2) is 41.2 Å². The quantitative estimate of drug-likeness (QED) is 0.421. The van der Waals surface area contributed by atoms with Crippen LogP contribution in [0.25, 0.3) is 5.69 Å². The minimum absolute atomic E-state index is 0.0871. The fourth-order valence-electron chi connectivity index (χ4n) is 3.05. The summed E-state index contributed by atoms with van der Waals surface area (Å²) < 4.78 is 4.50. The number of nitrogens with one attached hydrogen (secondary N) is 2. The third-order valence-corrected chi connectivity index (χ3v) is 6.05. The first kappa shape index (κ1) is 19.8. The minimum atomic E-state index is -0.0871. The number of thioether (sulfide) groups is 1. The predicted molar refractivity (Wildman–Crippen MR) is 114 cm³/mol. The highest BCUT2D eigenvalue weighted by Crippen LogP contribution is 2.35. The van der Waals surface area contributed by atoms with Crippen molar-refractivity contribution < 1.29 is 4.79 Å². The lowest BCUT2D eigenvalue weighted by atomic mass is 10.0. The maximum atomic E-state index is 12.3. The molecule has 152 valence electrons. The zero-order chi connectivity index (χ0) is 20.4. The molecule has 0 bridgehead atoms. The lowest BCUT2D eigenvalue weighted by Gasteiger charge is -2.09. The number of H-pyrrole nitrogens is 1. The molecule has 0 spiro atoms. The Morgan fingerprint density at radius 3 is 2.79 bits per heavy atom. The first-order valence-corrected chi connectivity index (χ1v) is 11.0. The molecular weight excluding hydrogens is 406 g/mol. The molecule has 8 nitrogen and oxygen atoms in total. The fourth-order valence-corrected chi connectivity index (χ4v) is 4.11. The zero-order valence-electron chi connectivity index (χ0n) is 16.3. The molecular formula is C19H23N7OS2. The summed E-state index contributed by atoms with van der Waals surface area (Å²) in [5.74, 6) is 1.41. The SMILES string of the molecule is CC(C)c1ccc(-n2cnnc2SCC(=O)NCc2n[nH]c(=S)n2C2CC2)cc1. The summed E-state index contributed by atoms with van der Waals surface area (Å²) in [6.45, 7) is 4.68. The van der Waals surface area contributed by atoms with Gasteiger partial charge in [-0.3, -0.25) is 19.0 Å². The number of rotatable bonds is 8. The molecule has 1 saturated carbocycles. The summed E-state index contributed by atoms with van der Waals surface area (Å²) in [5, 5.41) is 18.8. The number of nitrogens with zero attached hydrogens (tertiary/aromatic N) is 5. The predicted octanol–water partition coefficient (Wildman–Crippen LogP) is 3.39.